The molecule has 14 rings (SSSR count). The molecular formula is C57H35N7. The first-order valence-electron chi connectivity index (χ1n) is 31.3. The number of nitrogens with zero attached hydrogens (tertiary/aromatic N) is 7. The first kappa shape index (κ1) is 19.5. The lowest BCUT2D eigenvalue weighted by Gasteiger charge is -2.16. The molecule has 0 fully saturated rings. The maximum atomic E-state index is 10.2. The quantitative estimate of drug-likeness (QED) is 0.173. The van der Waals surface area contributed by atoms with Gasteiger partial charge in [-0.25, -0.2) is 0 Å². The van der Waals surface area contributed by atoms with Gasteiger partial charge >= 0.3 is 0 Å². The van der Waals surface area contributed by atoms with E-state index in [2.05, 4.69) is 0 Å². The van der Waals surface area contributed by atoms with E-state index in [0.29, 0.717) is 11.0 Å². The highest BCUT2D eigenvalue weighted by Crippen LogP contribution is 2.39. The fraction of sp³-hybridized carbons (Fsp3) is 0. The van der Waals surface area contributed by atoms with Gasteiger partial charge in [-0.1, -0.05) is 139 Å². The van der Waals surface area contributed by atoms with Crippen molar-refractivity contribution in [2.75, 3.05) is 0 Å². The smallest absolute Gasteiger partial charge is 0.240 e. The van der Waals surface area contributed by atoms with Crippen LogP contribution in [0.2, 0.25) is 0 Å². The third-order valence-corrected chi connectivity index (χ3v) is 11.4. The number of para-hydroxylation sites is 8. The van der Waals surface area contributed by atoms with Gasteiger partial charge in [0.1, 0.15) is 0 Å². The summed E-state index contributed by atoms with van der Waals surface area (Å²) in [5.41, 5.74) is -1.77. The summed E-state index contributed by atoms with van der Waals surface area (Å²) in [6.45, 7) is 0. The van der Waals surface area contributed by atoms with Crippen LogP contribution in [0, 0.1) is 0 Å². The Kier molecular flexibility index (Phi) is 4.06. The number of fused-ring (bicyclic) bond motifs is 12. The lowest BCUT2D eigenvalue weighted by Crippen LogP contribution is -2.11. The molecule has 0 radical (unpaired) electrons. The summed E-state index contributed by atoms with van der Waals surface area (Å²) in [6.07, 6.45) is 0. The van der Waals surface area contributed by atoms with Crippen LogP contribution in [-0.4, -0.2) is 33.2 Å². The second kappa shape index (κ2) is 13.3. The molecule has 5 aromatic heterocycles. The maximum absolute atomic E-state index is 10.2. The third-order valence-electron chi connectivity index (χ3n) is 11.4. The first-order chi connectivity index (χ1) is 41.3. The molecule has 0 bridgehead atoms. The number of aromatic nitrogens is 7. The molecule has 14 aromatic rings. The van der Waals surface area contributed by atoms with Gasteiger partial charge in [0.05, 0.1) is 81.3 Å². The van der Waals surface area contributed by atoms with Crippen molar-refractivity contribution in [3.63, 3.8) is 0 Å². The van der Waals surface area contributed by atoms with Crippen LogP contribution in [0.1, 0.15) is 31.5 Å². The van der Waals surface area contributed by atoms with Crippen LogP contribution >= 0.6 is 0 Å². The van der Waals surface area contributed by atoms with Gasteiger partial charge in [-0.05, 0) is 72.6 Å². The number of benzene rings is 9. The van der Waals surface area contributed by atoms with E-state index in [-0.39, 0.29) is 49.5 Å². The Bertz CT molecular complexity index is 5380. The van der Waals surface area contributed by atoms with Crippen molar-refractivity contribution in [2.45, 2.75) is 0 Å². The van der Waals surface area contributed by atoms with E-state index in [4.69, 9.17) is 31.4 Å². The van der Waals surface area contributed by atoms with Crippen molar-refractivity contribution in [1.82, 2.24) is 33.2 Å². The van der Waals surface area contributed by atoms with E-state index >= 15 is 0 Å². The average molecular weight is 841 g/mol. The Morgan fingerprint density at radius 3 is 1.23 bits per heavy atom. The van der Waals surface area contributed by atoms with Gasteiger partial charge in [-0.15, -0.1) is 0 Å². The van der Waals surface area contributed by atoms with E-state index in [1.165, 1.54) is 28.8 Å². The second-order valence-electron chi connectivity index (χ2n) is 14.7. The Balaban J connectivity index is 1.21. The third kappa shape index (κ3) is 4.89. The molecule has 7 heteroatoms. The van der Waals surface area contributed by atoms with Crippen LogP contribution in [0.3, 0.4) is 0 Å². The Morgan fingerprint density at radius 2 is 0.719 bits per heavy atom. The van der Waals surface area contributed by atoms with Crippen molar-refractivity contribution in [1.29, 1.82) is 0 Å². The Labute approximate surface area is 398 Å². The molecule has 0 aliphatic heterocycles. The van der Waals surface area contributed by atoms with Gasteiger partial charge in [0.2, 0.25) is 11.9 Å². The minimum atomic E-state index is -0.811. The van der Waals surface area contributed by atoms with Crippen LogP contribution < -0.4 is 0 Å². The van der Waals surface area contributed by atoms with Crippen LogP contribution in [0.15, 0.2) is 212 Å². The van der Waals surface area contributed by atoms with Crippen LogP contribution in [0.5, 0.6) is 0 Å². The molecule has 0 saturated carbocycles. The van der Waals surface area contributed by atoms with E-state index in [1.54, 1.807) is 28.8 Å². The molecular weight excluding hydrogens is 783 g/mol. The molecule has 298 valence electrons. The zero-order chi connectivity index (χ0) is 61.9. The number of rotatable bonds is 5. The first-order valence-corrected chi connectivity index (χ1v) is 19.8. The van der Waals surface area contributed by atoms with Crippen molar-refractivity contribution in [2.24, 2.45) is 0 Å². The second-order valence-corrected chi connectivity index (χ2v) is 14.7. The van der Waals surface area contributed by atoms with Gasteiger partial charge in [0.15, 0.2) is 5.82 Å². The van der Waals surface area contributed by atoms with Crippen molar-refractivity contribution >= 4 is 87.2 Å². The summed E-state index contributed by atoms with van der Waals surface area (Å²) in [6, 6.07) is 3.87. The van der Waals surface area contributed by atoms with Crippen LogP contribution in [0.4, 0.5) is 0 Å². The lowest BCUT2D eigenvalue weighted by atomic mass is 10.1. The fourth-order valence-corrected chi connectivity index (χ4v) is 8.79. The van der Waals surface area contributed by atoms with Crippen molar-refractivity contribution < 1.29 is 31.5 Å². The molecule has 7 nitrogen and oxygen atoms in total. The van der Waals surface area contributed by atoms with Gasteiger partial charge in [-0.3, -0.25) is 9.13 Å². The van der Waals surface area contributed by atoms with Gasteiger partial charge in [0.25, 0.3) is 0 Å². The summed E-state index contributed by atoms with van der Waals surface area (Å²) in [5, 5.41) is -0.497. The normalized spacial score (nSPS) is 17.1. The predicted octanol–water partition coefficient (Wildman–Crippen LogP) is 13.9. The summed E-state index contributed by atoms with van der Waals surface area (Å²) >= 11 is 0. The van der Waals surface area contributed by atoms with Gasteiger partial charge in [0, 0.05) is 54.3 Å². The van der Waals surface area contributed by atoms with E-state index in [9.17, 15) is 15.1 Å². The predicted molar refractivity (Wildman–Crippen MR) is 263 cm³/mol. The molecule has 0 aliphatic carbocycles. The molecule has 9 aromatic carbocycles. The van der Waals surface area contributed by atoms with E-state index in [1.807, 2.05) is 24.3 Å². The topological polar surface area (TPSA) is 58.4 Å². The number of hydrogen-bond acceptors (Lipinski definition) is 3. The SMILES string of the molecule is [2H]c1c([2H])c([2H])c2c(c1[2H])c1c([2H])c([2H])c([2H])c([2H])c1n2-c1nc(-c2ccccc2-n2c3c([2H])c([2H])c([2H])c([2H])c3c3c([2H])c([2H])c([2H])c([2H])c32)nc(-n2c3c([2H])c([2H])c([2H])c([2H])c3c3c([2H])c(-n4c5ccccc5c5ccccc54)c([2H])c([2H])c32)n1. The Hall–Kier alpha value is -8.81. The monoisotopic (exact) mass is 840 g/mol. The zero-order valence-electron chi connectivity index (χ0n) is 55.6. The molecule has 0 unspecified atom stereocenters. The molecule has 0 aliphatic rings. The van der Waals surface area contributed by atoms with Gasteiger partial charge < -0.3 is 9.13 Å². The fourth-order valence-electron chi connectivity index (χ4n) is 8.79. The Morgan fingerprint density at radius 1 is 0.312 bits per heavy atom. The van der Waals surface area contributed by atoms with E-state index < -0.39 is 190 Å². The summed E-state index contributed by atoms with van der Waals surface area (Å²) in [7, 11) is 0. The highest BCUT2D eigenvalue weighted by molar-refractivity contribution is 6.13. The van der Waals surface area contributed by atoms with Crippen molar-refractivity contribution in [3.05, 3.63) is 212 Å². The summed E-state index contributed by atoms with van der Waals surface area (Å²) in [5.74, 6) is -1.86. The lowest BCUT2D eigenvalue weighted by molar-refractivity contribution is 0.892. The molecule has 0 amide bonds. The molecule has 0 saturated heterocycles. The average Bonchev–Trinajstić information content (AvgIpc) is 1.57. The summed E-state index contributed by atoms with van der Waals surface area (Å²) in [4.78, 5) is 14.7. The maximum Gasteiger partial charge on any atom is 0.240 e. The standard InChI is InChI=1S/C57H35N7/c1-9-25-46-37(17-1)38-18-2-10-26-47(38)61(46)36-33-34-54-45(35-36)43-23-7-15-31-52(43)64(54)57-59-55(58-56(60-57)63-50-29-13-5-21-41(50)42-22-6-14-30-51(42)63)44-24-8-16-32-53(44)62-48-27-11-3-19-39(48)40-20-4-12-28-49(40)62/h1-35H/i3D,4D,5D,6D,7D,11D,12D,13D,14D,15D,19D,20D,21D,22D,23D,27D,28D,29D,30D,31D,33D,34D,35D. The van der Waals surface area contributed by atoms with Crippen molar-refractivity contribution in [3.8, 4) is 34.7 Å². The minimum absolute atomic E-state index is 0.121. The highest BCUT2D eigenvalue weighted by Gasteiger charge is 2.23. The molecule has 64 heavy (non-hydrogen) atoms. The number of hydrogen-bond donors (Lipinski definition) is 0. The van der Waals surface area contributed by atoms with Crippen LogP contribution in [-0.2, 0) is 0 Å². The highest BCUT2D eigenvalue weighted by atomic mass is 15.3. The molecule has 0 atom stereocenters. The largest absolute Gasteiger partial charge is 0.309 e. The molecule has 0 N–H and O–H groups in total. The van der Waals surface area contributed by atoms with E-state index in [0.717, 1.165) is 19.9 Å². The van der Waals surface area contributed by atoms with Gasteiger partial charge in [-0.2, -0.15) is 15.0 Å². The zero-order valence-corrected chi connectivity index (χ0v) is 32.6. The minimum Gasteiger partial charge on any atom is -0.309 e. The summed E-state index contributed by atoms with van der Waals surface area (Å²) < 4.78 is 217. The molecule has 0 spiro atoms. The molecule has 5 heterocycles. The van der Waals surface area contributed by atoms with Crippen LogP contribution in [0.25, 0.3) is 122 Å².